The molecule has 15 heteroatoms. The number of carbonyl (C=O) groups excluding carboxylic acids is 6. The zero-order valence-electron chi connectivity index (χ0n) is 19.3. The Hall–Kier alpha value is -3.75. The van der Waals surface area contributed by atoms with Gasteiger partial charge in [-0.2, -0.15) is 0 Å². The number of nitrogens with one attached hydrogen (secondary N) is 5. The van der Waals surface area contributed by atoms with Crippen molar-refractivity contribution >= 4 is 41.4 Å². The van der Waals surface area contributed by atoms with Crippen LogP contribution in [0.15, 0.2) is 0 Å². The molecule has 0 aromatic rings. The molecule has 0 aliphatic heterocycles. The van der Waals surface area contributed by atoms with E-state index in [0.717, 1.165) is 6.92 Å². The fraction of sp³-hybridized carbons (Fsp3) is 0.632. The molecule has 0 aliphatic rings. The first-order chi connectivity index (χ1) is 15.6. The number of carboxylic acid groups (broad SMARTS) is 1. The summed E-state index contributed by atoms with van der Waals surface area (Å²) < 4.78 is 0. The summed E-state index contributed by atoms with van der Waals surface area (Å²) in [5.74, 6) is -5.96. The summed E-state index contributed by atoms with van der Waals surface area (Å²) in [5, 5.41) is 29.9. The summed E-state index contributed by atoms with van der Waals surface area (Å²) in [6, 6.07) is -5.09. The van der Waals surface area contributed by atoms with Crippen molar-refractivity contribution in [3.8, 4) is 0 Å². The standard InChI is InChI=1S/C19H32N6O9/c1-8(16(31)21-7-13(20)28)22-17(32)9(2)23-18(33)12(5-6-14(29)30)25-19(34)15(10(3)26)24-11(4)27/h8-10,12,15,26H,5-7H2,1-4H3,(H2,20,28)(H,21,31)(H,22,32)(H,23,33)(H,24,27)(H,25,34)(H,29,30). The van der Waals surface area contributed by atoms with Crippen molar-refractivity contribution in [2.75, 3.05) is 6.54 Å². The maximum Gasteiger partial charge on any atom is 0.303 e. The summed E-state index contributed by atoms with van der Waals surface area (Å²) in [6.45, 7) is 4.54. The molecule has 0 rings (SSSR count). The molecular weight excluding hydrogens is 456 g/mol. The lowest BCUT2D eigenvalue weighted by atomic mass is 10.1. The number of primary amides is 1. The SMILES string of the molecule is CC(=O)NC(C(=O)NC(CCC(=O)O)C(=O)NC(C)C(=O)NC(C)C(=O)NCC(N)=O)C(C)O. The maximum atomic E-state index is 12.6. The average molecular weight is 488 g/mol. The molecule has 0 radical (unpaired) electrons. The highest BCUT2D eigenvalue weighted by Gasteiger charge is 2.31. The van der Waals surface area contributed by atoms with Crippen molar-refractivity contribution in [3.63, 3.8) is 0 Å². The Morgan fingerprint density at radius 1 is 0.794 bits per heavy atom. The minimum atomic E-state index is -1.41. The van der Waals surface area contributed by atoms with E-state index in [1.807, 2.05) is 0 Å². The minimum absolute atomic E-state index is 0.347. The molecule has 6 amide bonds. The normalized spacial score (nSPS) is 14.9. The lowest BCUT2D eigenvalue weighted by Crippen LogP contribution is -2.59. The number of amides is 6. The fourth-order valence-electron chi connectivity index (χ4n) is 2.53. The van der Waals surface area contributed by atoms with Crippen LogP contribution in [0, 0.1) is 0 Å². The van der Waals surface area contributed by atoms with Crippen molar-refractivity contribution in [2.24, 2.45) is 5.73 Å². The molecule has 15 nitrogen and oxygen atoms in total. The number of nitrogens with two attached hydrogens (primary N) is 1. The van der Waals surface area contributed by atoms with Crippen molar-refractivity contribution in [1.29, 1.82) is 0 Å². The van der Waals surface area contributed by atoms with Crippen LogP contribution in [-0.2, 0) is 33.6 Å². The quantitative estimate of drug-likeness (QED) is 0.118. The van der Waals surface area contributed by atoms with Crippen molar-refractivity contribution < 1.29 is 43.8 Å². The monoisotopic (exact) mass is 488 g/mol. The Morgan fingerprint density at radius 2 is 1.32 bits per heavy atom. The summed E-state index contributed by atoms with van der Waals surface area (Å²) >= 11 is 0. The molecule has 0 bridgehead atoms. The summed E-state index contributed by atoms with van der Waals surface area (Å²) in [7, 11) is 0. The third-order valence-electron chi connectivity index (χ3n) is 4.34. The summed E-state index contributed by atoms with van der Waals surface area (Å²) in [4.78, 5) is 82.2. The highest BCUT2D eigenvalue weighted by Crippen LogP contribution is 2.02. The van der Waals surface area contributed by atoms with E-state index in [-0.39, 0.29) is 6.42 Å². The van der Waals surface area contributed by atoms with Gasteiger partial charge in [0.25, 0.3) is 0 Å². The number of aliphatic carboxylic acids is 1. The lowest BCUT2D eigenvalue weighted by molar-refractivity contribution is -0.139. The second kappa shape index (κ2) is 14.4. The molecule has 0 spiro atoms. The molecule has 5 atom stereocenters. The molecule has 9 N–H and O–H groups in total. The molecule has 0 aromatic heterocycles. The smallest absolute Gasteiger partial charge is 0.303 e. The van der Waals surface area contributed by atoms with E-state index >= 15 is 0 Å². The van der Waals surface area contributed by atoms with Gasteiger partial charge in [-0.15, -0.1) is 0 Å². The molecule has 0 aromatic carbocycles. The van der Waals surface area contributed by atoms with E-state index in [4.69, 9.17) is 10.8 Å². The van der Waals surface area contributed by atoms with Crippen LogP contribution in [0.3, 0.4) is 0 Å². The van der Waals surface area contributed by atoms with Crippen LogP contribution in [0.25, 0.3) is 0 Å². The van der Waals surface area contributed by atoms with Gasteiger partial charge >= 0.3 is 5.97 Å². The molecule has 0 aliphatic carbocycles. The number of hydrogen-bond acceptors (Lipinski definition) is 8. The molecular formula is C19H32N6O9. The molecule has 0 saturated heterocycles. The highest BCUT2D eigenvalue weighted by molar-refractivity contribution is 5.95. The van der Waals surface area contributed by atoms with Gasteiger partial charge in [-0.3, -0.25) is 33.6 Å². The van der Waals surface area contributed by atoms with E-state index in [1.165, 1.54) is 20.8 Å². The number of carbonyl (C=O) groups is 7. The molecule has 0 fully saturated rings. The number of aliphatic hydroxyl groups is 1. The summed E-state index contributed by atoms with van der Waals surface area (Å²) in [5.41, 5.74) is 4.92. The van der Waals surface area contributed by atoms with Gasteiger partial charge in [-0.05, 0) is 27.2 Å². The van der Waals surface area contributed by atoms with Crippen molar-refractivity contribution in [2.45, 2.75) is 70.8 Å². The second-order valence-electron chi connectivity index (χ2n) is 7.56. The van der Waals surface area contributed by atoms with Crippen LogP contribution < -0.4 is 32.3 Å². The van der Waals surface area contributed by atoms with Crippen molar-refractivity contribution in [3.05, 3.63) is 0 Å². The Labute approximate surface area is 195 Å². The third-order valence-corrected chi connectivity index (χ3v) is 4.34. The van der Waals surface area contributed by atoms with Crippen LogP contribution in [-0.4, -0.2) is 88.4 Å². The second-order valence-corrected chi connectivity index (χ2v) is 7.56. The number of rotatable bonds is 14. The molecule has 0 heterocycles. The average Bonchev–Trinajstić information content (AvgIpc) is 2.71. The van der Waals surface area contributed by atoms with Gasteiger partial charge in [0.05, 0.1) is 12.6 Å². The van der Waals surface area contributed by atoms with Gasteiger partial charge < -0.3 is 42.5 Å². The van der Waals surface area contributed by atoms with Gasteiger partial charge in [0.2, 0.25) is 35.4 Å². The summed E-state index contributed by atoms with van der Waals surface area (Å²) in [6.07, 6.45) is -2.17. The van der Waals surface area contributed by atoms with Crippen molar-refractivity contribution in [1.82, 2.24) is 26.6 Å². The van der Waals surface area contributed by atoms with E-state index in [2.05, 4.69) is 26.6 Å². The molecule has 192 valence electrons. The lowest BCUT2D eigenvalue weighted by Gasteiger charge is -2.25. The Bertz CT molecular complexity index is 801. The first-order valence-electron chi connectivity index (χ1n) is 10.3. The van der Waals surface area contributed by atoms with Crippen LogP contribution in [0.1, 0.15) is 40.5 Å². The van der Waals surface area contributed by atoms with E-state index in [1.54, 1.807) is 0 Å². The first kappa shape index (κ1) is 30.2. The van der Waals surface area contributed by atoms with Gasteiger partial charge in [-0.25, -0.2) is 0 Å². The molecule has 5 unspecified atom stereocenters. The Kier molecular flexibility index (Phi) is 12.8. The predicted octanol–water partition coefficient (Wildman–Crippen LogP) is -4.17. The van der Waals surface area contributed by atoms with Crippen LogP contribution in [0.4, 0.5) is 0 Å². The largest absolute Gasteiger partial charge is 0.481 e. The topological polar surface area (TPSA) is 246 Å². The third kappa shape index (κ3) is 11.8. The van der Waals surface area contributed by atoms with E-state index in [0.29, 0.717) is 0 Å². The minimum Gasteiger partial charge on any atom is -0.481 e. The number of aliphatic hydroxyl groups excluding tert-OH is 1. The van der Waals surface area contributed by atoms with E-state index in [9.17, 15) is 38.7 Å². The van der Waals surface area contributed by atoms with Crippen LogP contribution in [0.2, 0.25) is 0 Å². The van der Waals surface area contributed by atoms with Gasteiger partial charge in [0.1, 0.15) is 24.2 Å². The number of carboxylic acids is 1. The predicted molar refractivity (Wildman–Crippen MR) is 115 cm³/mol. The zero-order chi connectivity index (χ0) is 26.6. The number of hydrogen-bond donors (Lipinski definition) is 8. The fourth-order valence-corrected chi connectivity index (χ4v) is 2.53. The zero-order valence-corrected chi connectivity index (χ0v) is 19.3. The first-order valence-corrected chi connectivity index (χ1v) is 10.3. The maximum absolute atomic E-state index is 12.6. The molecule has 0 saturated carbocycles. The van der Waals surface area contributed by atoms with Gasteiger partial charge in [0.15, 0.2) is 0 Å². The Morgan fingerprint density at radius 3 is 1.79 bits per heavy atom. The van der Waals surface area contributed by atoms with Crippen LogP contribution in [0.5, 0.6) is 0 Å². The van der Waals surface area contributed by atoms with E-state index < -0.39 is 84.6 Å². The van der Waals surface area contributed by atoms with Gasteiger partial charge in [-0.1, -0.05) is 0 Å². The Balaban J connectivity index is 5.21. The van der Waals surface area contributed by atoms with Crippen LogP contribution >= 0.6 is 0 Å². The highest BCUT2D eigenvalue weighted by atomic mass is 16.4. The molecule has 34 heavy (non-hydrogen) atoms. The van der Waals surface area contributed by atoms with Gasteiger partial charge in [0, 0.05) is 13.3 Å².